The van der Waals surface area contributed by atoms with Crippen LogP contribution in [-0.2, 0) is 4.79 Å². The van der Waals surface area contributed by atoms with Crippen LogP contribution in [0.3, 0.4) is 0 Å². The van der Waals surface area contributed by atoms with Crippen LogP contribution >= 0.6 is 0 Å². The molecule has 4 heterocycles. The molecule has 2 amide bonds. The lowest BCUT2D eigenvalue weighted by Crippen LogP contribution is -2.54. The minimum atomic E-state index is -0.265. The number of carbonyl (C=O) groups excluding carboxylic acids is 2. The van der Waals surface area contributed by atoms with Gasteiger partial charge in [0.2, 0.25) is 5.91 Å². The van der Waals surface area contributed by atoms with Crippen molar-refractivity contribution in [3.05, 3.63) is 54.2 Å². The number of nitrogens with one attached hydrogen (secondary N) is 1. The zero-order valence-corrected chi connectivity index (χ0v) is 13.3. The maximum Gasteiger partial charge on any atom is 0.289 e. The normalized spacial score (nSPS) is 22.6. The monoisotopic (exact) mass is 325 g/mol. The van der Waals surface area contributed by atoms with Crippen molar-refractivity contribution in [2.24, 2.45) is 0 Å². The number of hydrogen-bond acceptors (Lipinski definition) is 4. The van der Waals surface area contributed by atoms with Gasteiger partial charge >= 0.3 is 0 Å². The highest BCUT2D eigenvalue weighted by Gasteiger charge is 2.49. The predicted octanol–water partition coefficient (Wildman–Crippen LogP) is 1.95. The van der Waals surface area contributed by atoms with Crippen molar-refractivity contribution in [1.29, 1.82) is 0 Å². The molecule has 1 atom stereocenters. The summed E-state index contributed by atoms with van der Waals surface area (Å²) in [6.07, 6.45) is 7.03. The molecule has 2 aromatic rings. The highest BCUT2D eigenvalue weighted by atomic mass is 16.3. The third-order valence-corrected chi connectivity index (χ3v) is 5.23. The summed E-state index contributed by atoms with van der Waals surface area (Å²) in [6, 6.07) is 7.36. The lowest BCUT2D eigenvalue weighted by atomic mass is 9.74. The molecule has 0 bridgehead atoms. The van der Waals surface area contributed by atoms with Gasteiger partial charge in [0.15, 0.2) is 5.76 Å². The van der Waals surface area contributed by atoms with Gasteiger partial charge in [-0.2, -0.15) is 0 Å². The Kier molecular flexibility index (Phi) is 3.59. The molecule has 24 heavy (non-hydrogen) atoms. The van der Waals surface area contributed by atoms with Crippen molar-refractivity contribution in [1.82, 2.24) is 15.2 Å². The number of piperidine rings is 1. The van der Waals surface area contributed by atoms with Gasteiger partial charge in [-0.25, -0.2) is 0 Å². The molecular weight excluding hydrogens is 306 g/mol. The maximum atomic E-state index is 12.4. The topological polar surface area (TPSA) is 75.4 Å². The fraction of sp³-hybridized carbons (Fsp3) is 0.389. The molecule has 2 aliphatic heterocycles. The van der Waals surface area contributed by atoms with Crippen molar-refractivity contribution in [3.8, 4) is 0 Å². The van der Waals surface area contributed by atoms with Crippen LogP contribution in [0.1, 0.15) is 41.3 Å². The molecule has 1 N–H and O–H groups in total. The Balaban J connectivity index is 1.52. The Morgan fingerprint density at radius 1 is 1.25 bits per heavy atom. The molecular formula is C18H19N3O3. The number of rotatable bonds is 2. The lowest BCUT2D eigenvalue weighted by molar-refractivity contribution is -0.120. The van der Waals surface area contributed by atoms with Crippen LogP contribution in [0.25, 0.3) is 0 Å². The van der Waals surface area contributed by atoms with E-state index in [0.717, 1.165) is 18.4 Å². The molecule has 0 unspecified atom stereocenters. The van der Waals surface area contributed by atoms with Gasteiger partial charge in [-0.15, -0.1) is 0 Å². The average molecular weight is 325 g/mol. The Labute approximate surface area is 139 Å². The van der Waals surface area contributed by atoms with Crippen molar-refractivity contribution < 1.29 is 14.0 Å². The van der Waals surface area contributed by atoms with Crippen LogP contribution < -0.4 is 5.32 Å². The van der Waals surface area contributed by atoms with E-state index in [2.05, 4.69) is 10.3 Å². The molecule has 6 nitrogen and oxygen atoms in total. The Morgan fingerprint density at radius 3 is 2.67 bits per heavy atom. The van der Waals surface area contributed by atoms with Gasteiger partial charge in [-0.05, 0) is 42.7 Å². The smallest absolute Gasteiger partial charge is 0.289 e. The first kappa shape index (κ1) is 14.9. The standard InChI is InChI=1S/C18H19N3O3/c22-16-12-14(13-3-7-19-8-4-13)18(20-16)5-9-21(10-6-18)17(23)15-2-1-11-24-15/h1-4,7-8,11,14H,5-6,9-10,12H2,(H,20,22)/t14-/m1/s1. The molecule has 2 aromatic heterocycles. The molecule has 124 valence electrons. The third-order valence-electron chi connectivity index (χ3n) is 5.23. The maximum absolute atomic E-state index is 12.4. The first-order chi connectivity index (χ1) is 11.7. The molecule has 2 aliphatic rings. The summed E-state index contributed by atoms with van der Waals surface area (Å²) in [7, 11) is 0. The zero-order valence-electron chi connectivity index (χ0n) is 13.3. The van der Waals surface area contributed by atoms with E-state index in [0.29, 0.717) is 25.3 Å². The summed E-state index contributed by atoms with van der Waals surface area (Å²) < 4.78 is 5.21. The van der Waals surface area contributed by atoms with Gasteiger partial charge in [0, 0.05) is 37.8 Å². The number of hydrogen-bond donors (Lipinski definition) is 1. The molecule has 2 saturated heterocycles. The number of pyridine rings is 1. The summed E-state index contributed by atoms with van der Waals surface area (Å²) in [5, 5.41) is 3.19. The fourth-order valence-corrected chi connectivity index (χ4v) is 3.97. The third kappa shape index (κ3) is 2.48. The van der Waals surface area contributed by atoms with Gasteiger partial charge < -0.3 is 14.6 Å². The number of amides is 2. The van der Waals surface area contributed by atoms with Gasteiger partial charge in [0.1, 0.15) is 0 Å². The van der Waals surface area contributed by atoms with E-state index in [9.17, 15) is 9.59 Å². The Bertz CT molecular complexity index is 734. The molecule has 0 aromatic carbocycles. The second-order valence-electron chi connectivity index (χ2n) is 6.51. The van der Waals surface area contributed by atoms with E-state index < -0.39 is 0 Å². The van der Waals surface area contributed by atoms with Gasteiger partial charge in [0.05, 0.1) is 11.8 Å². The van der Waals surface area contributed by atoms with Crippen LogP contribution in [0.4, 0.5) is 0 Å². The number of likely N-dealkylation sites (tertiary alicyclic amines) is 1. The summed E-state index contributed by atoms with van der Waals surface area (Å²) in [4.78, 5) is 30.4. The Morgan fingerprint density at radius 2 is 2.00 bits per heavy atom. The molecule has 0 radical (unpaired) electrons. The van der Waals surface area contributed by atoms with Crippen LogP contribution in [0, 0.1) is 0 Å². The van der Waals surface area contributed by atoms with Gasteiger partial charge in [-0.1, -0.05) is 0 Å². The van der Waals surface area contributed by atoms with Crippen LogP contribution in [-0.4, -0.2) is 40.3 Å². The van der Waals surface area contributed by atoms with Crippen LogP contribution in [0.15, 0.2) is 47.3 Å². The summed E-state index contributed by atoms with van der Waals surface area (Å²) in [5.74, 6) is 0.503. The molecule has 4 rings (SSSR count). The number of nitrogens with zero attached hydrogens (tertiary/aromatic N) is 2. The lowest BCUT2D eigenvalue weighted by Gasteiger charge is -2.42. The van der Waals surface area contributed by atoms with Crippen LogP contribution in [0.5, 0.6) is 0 Å². The molecule has 0 aliphatic carbocycles. The van der Waals surface area contributed by atoms with Crippen LogP contribution in [0.2, 0.25) is 0 Å². The number of furan rings is 1. The summed E-state index contributed by atoms with van der Waals surface area (Å²) in [6.45, 7) is 1.22. The highest BCUT2D eigenvalue weighted by molar-refractivity contribution is 5.91. The van der Waals surface area contributed by atoms with Crippen molar-refractivity contribution in [2.75, 3.05) is 13.1 Å². The molecule has 6 heteroatoms. The first-order valence-corrected chi connectivity index (χ1v) is 8.22. The molecule has 0 saturated carbocycles. The largest absolute Gasteiger partial charge is 0.459 e. The Hall–Kier alpha value is -2.63. The quantitative estimate of drug-likeness (QED) is 0.916. The fourth-order valence-electron chi connectivity index (χ4n) is 3.97. The minimum Gasteiger partial charge on any atom is -0.459 e. The predicted molar refractivity (Wildman–Crippen MR) is 86.3 cm³/mol. The van der Waals surface area contributed by atoms with Gasteiger partial charge in [0.25, 0.3) is 5.91 Å². The van der Waals surface area contributed by atoms with Crippen molar-refractivity contribution in [2.45, 2.75) is 30.7 Å². The van der Waals surface area contributed by atoms with Gasteiger partial charge in [-0.3, -0.25) is 14.6 Å². The average Bonchev–Trinajstić information content (AvgIpc) is 3.24. The van der Waals surface area contributed by atoms with Crippen molar-refractivity contribution >= 4 is 11.8 Å². The summed E-state index contributed by atoms with van der Waals surface area (Å²) in [5.41, 5.74) is 0.868. The number of carbonyl (C=O) groups is 2. The SMILES string of the molecule is O=C1C[C@H](c2ccncc2)C2(CCN(C(=O)c3ccco3)CC2)N1. The van der Waals surface area contributed by atoms with E-state index in [4.69, 9.17) is 4.42 Å². The minimum absolute atomic E-state index is 0.0837. The van der Waals surface area contributed by atoms with E-state index >= 15 is 0 Å². The van der Waals surface area contributed by atoms with E-state index in [1.165, 1.54) is 6.26 Å². The molecule has 1 spiro atoms. The second-order valence-corrected chi connectivity index (χ2v) is 6.51. The van der Waals surface area contributed by atoms with E-state index in [-0.39, 0.29) is 23.3 Å². The number of aromatic nitrogens is 1. The van der Waals surface area contributed by atoms with E-state index in [1.807, 2.05) is 12.1 Å². The highest BCUT2D eigenvalue weighted by Crippen LogP contribution is 2.43. The summed E-state index contributed by atoms with van der Waals surface area (Å²) >= 11 is 0. The van der Waals surface area contributed by atoms with E-state index in [1.54, 1.807) is 29.4 Å². The zero-order chi connectivity index (χ0) is 16.6. The first-order valence-electron chi connectivity index (χ1n) is 8.22. The molecule has 2 fully saturated rings. The van der Waals surface area contributed by atoms with Crippen molar-refractivity contribution in [3.63, 3.8) is 0 Å². The second kappa shape index (κ2) is 5.78.